The van der Waals surface area contributed by atoms with Crippen molar-refractivity contribution in [3.63, 3.8) is 0 Å². The summed E-state index contributed by atoms with van der Waals surface area (Å²) in [6.07, 6.45) is 1.16. The maximum atomic E-state index is 11.5. The van der Waals surface area contributed by atoms with Gasteiger partial charge in [0.05, 0.1) is 9.92 Å². The van der Waals surface area contributed by atoms with Crippen LogP contribution in [0, 0.1) is 0 Å². The number of rotatable bonds is 4. The summed E-state index contributed by atoms with van der Waals surface area (Å²) in [7, 11) is -3.26. The number of ether oxygens (including phenoxy) is 1. The summed E-state index contributed by atoms with van der Waals surface area (Å²) in [4.78, 5) is 0.211. The average molecular weight is 376 g/mol. The first-order valence-electron chi connectivity index (χ1n) is 5.72. The summed E-state index contributed by atoms with van der Waals surface area (Å²) < 4.78 is 28.6. The maximum absolute atomic E-state index is 11.5. The quantitative estimate of drug-likeness (QED) is 0.742. The molecule has 20 heavy (non-hydrogen) atoms. The van der Waals surface area contributed by atoms with Gasteiger partial charge in [0.1, 0.15) is 11.5 Å². The number of alkyl halides is 1. The van der Waals surface area contributed by atoms with Gasteiger partial charge in [-0.2, -0.15) is 0 Å². The lowest BCUT2D eigenvalue weighted by atomic mass is 10.2. The number of benzene rings is 2. The van der Waals surface area contributed by atoms with Crippen LogP contribution in [0.1, 0.15) is 5.56 Å². The zero-order valence-electron chi connectivity index (χ0n) is 10.6. The van der Waals surface area contributed by atoms with E-state index in [-0.39, 0.29) is 4.90 Å². The van der Waals surface area contributed by atoms with Gasteiger partial charge in [0.2, 0.25) is 0 Å². The van der Waals surface area contributed by atoms with Crippen molar-refractivity contribution in [2.45, 2.75) is 10.2 Å². The normalized spacial score (nSPS) is 11.3. The molecular formula is C14H12BrClO3S. The Labute approximate surface area is 131 Å². The lowest BCUT2D eigenvalue weighted by molar-refractivity contribution is 0.481. The number of halogens is 2. The van der Waals surface area contributed by atoms with Crippen LogP contribution in [0.2, 0.25) is 5.02 Å². The highest BCUT2D eigenvalue weighted by Crippen LogP contribution is 2.31. The summed E-state index contributed by atoms with van der Waals surface area (Å²) >= 11 is 9.47. The van der Waals surface area contributed by atoms with E-state index in [4.69, 9.17) is 16.3 Å². The van der Waals surface area contributed by atoms with Gasteiger partial charge in [-0.1, -0.05) is 39.7 Å². The fourth-order valence-corrected chi connectivity index (χ4v) is 2.85. The van der Waals surface area contributed by atoms with Crippen LogP contribution in [-0.4, -0.2) is 14.7 Å². The predicted octanol–water partition coefficient (Wildman–Crippen LogP) is 4.43. The summed E-state index contributed by atoms with van der Waals surface area (Å²) in [6, 6.07) is 11.8. The van der Waals surface area contributed by atoms with Crippen LogP contribution in [0.4, 0.5) is 0 Å². The fourth-order valence-electron chi connectivity index (χ4n) is 1.61. The molecule has 2 aromatic rings. The van der Waals surface area contributed by atoms with Crippen LogP contribution in [0.25, 0.3) is 0 Å². The van der Waals surface area contributed by atoms with Crippen LogP contribution >= 0.6 is 27.5 Å². The molecule has 2 rings (SSSR count). The summed E-state index contributed by atoms with van der Waals surface area (Å²) in [5.41, 5.74) is 1.03. The molecule has 0 N–H and O–H groups in total. The summed E-state index contributed by atoms with van der Waals surface area (Å²) in [5.74, 6) is 0.920. The molecule has 0 amide bonds. The van der Waals surface area contributed by atoms with Crippen molar-refractivity contribution in [2.75, 3.05) is 6.26 Å². The van der Waals surface area contributed by atoms with Crippen molar-refractivity contribution >= 4 is 37.4 Å². The van der Waals surface area contributed by atoms with E-state index < -0.39 is 9.84 Å². The molecule has 0 aliphatic rings. The van der Waals surface area contributed by atoms with E-state index >= 15 is 0 Å². The Bertz CT molecular complexity index is 729. The van der Waals surface area contributed by atoms with E-state index in [0.717, 1.165) is 11.8 Å². The maximum Gasteiger partial charge on any atom is 0.175 e. The van der Waals surface area contributed by atoms with Gasteiger partial charge in [0.25, 0.3) is 0 Å². The monoisotopic (exact) mass is 374 g/mol. The first-order valence-corrected chi connectivity index (χ1v) is 9.11. The first-order chi connectivity index (χ1) is 9.40. The van der Waals surface area contributed by atoms with Crippen molar-refractivity contribution in [1.82, 2.24) is 0 Å². The smallest absolute Gasteiger partial charge is 0.175 e. The van der Waals surface area contributed by atoms with Gasteiger partial charge in [0.15, 0.2) is 9.84 Å². The van der Waals surface area contributed by atoms with Crippen molar-refractivity contribution in [2.24, 2.45) is 0 Å². The van der Waals surface area contributed by atoms with Crippen molar-refractivity contribution in [1.29, 1.82) is 0 Å². The molecule has 0 heterocycles. The zero-order chi connectivity index (χ0) is 14.8. The minimum absolute atomic E-state index is 0.211. The molecule has 2 aromatic carbocycles. The van der Waals surface area contributed by atoms with Crippen LogP contribution in [-0.2, 0) is 15.2 Å². The molecule has 6 heteroatoms. The number of hydrogen-bond acceptors (Lipinski definition) is 3. The second-order valence-corrected chi connectivity index (χ2v) is 7.23. The molecule has 0 saturated carbocycles. The van der Waals surface area contributed by atoms with Gasteiger partial charge in [-0.3, -0.25) is 0 Å². The van der Waals surface area contributed by atoms with Crippen molar-refractivity contribution in [3.8, 4) is 11.5 Å². The van der Waals surface area contributed by atoms with E-state index in [0.29, 0.717) is 21.9 Å². The van der Waals surface area contributed by atoms with Crippen LogP contribution in [0.3, 0.4) is 0 Å². The van der Waals surface area contributed by atoms with E-state index in [2.05, 4.69) is 15.9 Å². The minimum atomic E-state index is -3.26. The lowest BCUT2D eigenvalue weighted by Crippen LogP contribution is -1.97. The van der Waals surface area contributed by atoms with Crippen LogP contribution < -0.4 is 4.74 Å². The Morgan fingerprint density at radius 1 is 1.20 bits per heavy atom. The van der Waals surface area contributed by atoms with E-state index in [9.17, 15) is 8.42 Å². The third kappa shape index (κ3) is 3.75. The molecule has 0 atom stereocenters. The first kappa shape index (κ1) is 15.4. The number of hydrogen-bond donors (Lipinski definition) is 0. The molecule has 3 nitrogen and oxygen atoms in total. The highest BCUT2D eigenvalue weighted by Gasteiger charge is 2.09. The van der Waals surface area contributed by atoms with Gasteiger partial charge in [-0.15, -0.1) is 0 Å². The third-order valence-corrected chi connectivity index (χ3v) is 4.67. The van der Waals surface area contributed by atoms with Gasteiger partial charge in [-0.25, -0.2) is 8.42 Å². The lowest BCUT2D eigenvalue weighted by Gasteiger charge is -2.09. The minimum Gasteiger partial charge on any atom is -0.456 e. The molecule has 0 spiro atoms. The fraction of sp³-hybridized carbons (Fsp3) is 0.143. The van der Waals surface area contributed by atoms with Gasteiger partial charge >= 0.3 is 0 Å². The Balaban J connectivity index is 2.31. The van der Waals surface area contributed by atoms with Crippen molar-refractivity contribution < 1.29 is 13.2 Å². The second-order valence-electron chi connectivity index (χ2n) is 4.25. The Hall–Kier alpha value is -1.04. The van der Waals surface area contributed by atoms with Crippen LogP contribution in [0.15, 0.2) is 47.4 Å². The van der Waals surface area contributed by atoms with Gasteiger partial charge in [-0.05, 0) is 35.9 Å². The molecule has 0 unspecified atom stereocenters. The molecule has 0 aliphatic heterocycles. The molecule has 0 fully saturated rings. The van der Waals surface area contributed by atoms with Gasteiger partial charge < -0.3 is 4.74 Å². The highest BCUT2D eigenvalue weighted by atomic mass is 79.9. The molecule has 0 bridgehead atoms. The Morgan fingerprint density at radius 2 is 1.95 bits per heavy atom. The summed E-state index contributed by atoms with van der Waals surface area (Å²) in [6.45, 7) is 0. The standard InChI is InChI=1S/C14H12BrClO3S/c1-20(17,18)12-4-2-3-11(8-12)19-14-6-5-10(9-15)7-13(14)16/h2-8H,9H2,1H3. The van der Waals surface area contributed by atoms with Crippen molar-refractivity contribution in [3.05, 3.63) is 53.1 Å². The predicted molar refractivity (Wildman–Crippen MR) is 83.7 cm³/mol. The topological polar surface area (TPSA) is 43.4 Å². The summed E-state index contributed by atoms with van der Waals surface area (Å²) in [5, 5.41) is 1.18. The molecule has 0 aromatic heterocycles. The molecule has 0 aliphatic carbocycles. The van der Waals surface area contributed by atoms with E-state index in [1.54, 1.807) is 24.3 Å². The van der Waals surface area contributed by atoms with E-state index in [1.165, 1.54) is 12.1 Å². The molecular weight excluding hydrogens is 364 g/mol. The molecule has 106 valence electrons. The average Bonchev–Trinajstić information content (AvgIpc) is 2.40. The molecule has 0 saturated heterocycles. The Kier molecular flexibility index (Phi) is 4.73. The Morgan fingerprint density at radius 3 is 2.55 bits per heavy atom. The van der Waals surface area contributed by atoms with E-state index in [1.807, 2.05) is 6.07 Å². The van der Waals surface area contributed by atoms with Gasteiger partial charge in [0, 0.05) is 11.6 Å². The highest BCUT2D eigenvalue weighted by molar-refractivity contribution is 9.08. The third-order valence-electron chi connectivity index (χ3n) is 2.61. The number of sulfone groups is 1. The SMILES string of the molecule is CS(=O)(=O)c1cccc(Oc2ccc(CBr)cc2Cl)c1. The molecule has 0 radical (unpaired) electrons. The van der Waals surface area contributed by atoms with Crippen LogP contribution in [0.5, 0.6) is 11.5 Å². The largest absolute Gasteiger partial charge is 0.456 e. The second kappa shape index (κ2) is 6.16. The zero-order valence-corrected chi connectivity index (χ0v) is 13.8.